The van der Waals surface area contributed by atoms with Crippen molar-refractivity contribution in [3.8, 4) is 0 Å². The largest absolute Gasteiger partial charge is 0.329 e. The van der Waals surface area contributed by atoms with Crippen molar-refractivity contribution < 1.29 is 14.0 Å². The molecule has 1 aromatic rings. The Morgan fingerprint density at radius 2 is 2.10 bits per heavy atom. The minimum absolute atomic E-state index is 0.00439. The third kappa shape index (κ3) is 3.40. The van der Waals surface area contributed by atoms with Gasteiger partial charge in [0.1, 0.15) is 11.9 Å². The van der Waals surface area contributed by atoms with Crippen LogP contribution in [-0.2, 0) is 9.59 Å². The van der Waals surface area contributed by atoms with Gasteiger partial charge in [0.2, 0.25) is 11.8 Å². The van der Waals surface area contributed by atoms with Crippen LogP contribution in [0.3, 0.4) is 0 Å². The summed E-state index contributed by atoms with van der Waals surface area (Å²) in [6.45, 7) is 6.57. The molecule has 0 radical (unpaired) electrons. The van der Waals surface area contributed by atoms with E-state index >= 15 is 0 Å². The van der Waals surface area contributed by atoms with Crippen LogP contribution in [0.4, 0.5) is 10.1 Å². The summed E-state index contributed by atoms with van der Waals surface area (Å²) < 4.78 is 13.3. The Morgan fingerprint density at radius 1 is 1.38 bits per heavy atom. The lowest BCUT2D eigenvalue weighted by Gasteiger charge is -2.39. The zero-order valence-corrected chi connectivity index (χ0v) is 12.7. The number of hydrogen-bond donors (Lipinski definition) is 0. The minimum Gasteiger partial charge on any atom is -0.329 e. The van der Waals surface area contributed by atoms with Crippen LogP contribution in [0.25, 0.3) is 0 Å². The van der Waals surface area contributed by atoms with Gasteiger partial charge in [-0.15, -0.1) is 0 Å². The SMILES string of the molecule is CC(C)CC(=O)N1CCN(c2cccc(F)c2)C(=O)[C@@H]1C. The number of nitrogens with zero attached hydrogens (tertiary/aromatic N) is 2. The molecule has 1 aliphatic heterocycles. The van der Waals surface area contributed by atoms with Gasteiger partial charge in [0.25, 0.3) is 0 Å². The number of piperazine rings is 1. The van der Waals surface area contributed by atoms with Crippen LogP contribution in [0.2, 0.25) is 0 Å². The van der Waals surface area contributed by atoms with Gasteiger partial charge in [0, 0.05) is 25.2 Å². The van der Waals surface area contributed by atoms with Crippen molar-refractivity contribution in [2.24, 2.45) is 5.92 Å². The molecule has 21 heavy (non-hydrogen) atoms. The van der Waals surface area contributed by atoms with E-state index in [1.807, 2.05) is 13.8 Å². The Hall–Kier alpha value is -1.91. The lowest BCUT2D eigenvalue weighted by atomic mass is 10.1. The predicted molar refractivity (Wildman–Crippen MR) is 79.4 cm³/mol. The number of benzene rings is 1. The molecule has 2 amide bonds. The molecular weight excluding hydrogens is 271 g/mol. The lowest BCUT2D eigenvalue weighted by Crippen LogP contribution is -2.57. The van der Waals surface area contributed by atoms with E-state index in [4.69, 9.17) is 0 Å². The average molecular weight is 292 g/mol. The number of anilines is 1. The van der Waals surface area contributed by atoms with E-state index in [1.165, 1.54) is 12.1 Å². The van der Waals surface area contributed by atoms with Crippen LogP contribution in [0.1, 0.15) is 27.2 Å². The molecule has 5 heteroatoms. The van der Waals surface area contributed by atoms with Gasteiger partial charge in [-0.1, -0.05) is 19.9 Å². The van der Waals surface area contributed by atoms with Crippen LogP contribution >= 0.6 is 0 Å². The Balaban J connectivity index is 2.13. The molecule has 0 spiro atoms. The van der Waals surface area contributed by atoms with Crippen LogP contribution in [0.15, 0.2) is 24.3 Å². The lowest BCUT2D eigenvalue weighted by molar-refractivity contribution is -0.141. The number of carbonyl (C=O) groups is 2. The summed E-state index contributed by atoms with van der Waals surface area (Å²) in [5.41, 5.74) is 0.544. The second-order valence-electron chi connectivity index (χ2n) is 5.83. The standard InChI is InChI=1S/C16H21FN2O2/c1-11(2)9-15(20)18-7-8-19(16(21)12(18)3)14-6-4-5-13(17)10-14/h4-6,10-12H,7-9H2,1-3H3/t12-/m0/s1. The molecule has 1 aliphatic rings. The number of hydrogen-bond acceptors (Lipinski definition) is 2. The van der Waals surface area contributed by atoms with E-state index in [9.17, 15) is 14.0 Å². The molecule has 4 nitrogen and oxygen atoms in total. The Morgan fingerprint density at radius 3 is 2.71 bits per heavy atom. The van der Waals surface area contributed by atoms with Gasteiger partial charge in [0.15, 0.2) is 0 Å². The van der Waals surface area contributed by atoms with Crippen molar-refractivity contribution in [2.45, 2.75) is 33.2 Å². The number of halogens is 1. The van der Waals surface area contributed by atoms with Crippen LogP contribution in [0.5, 0.6) is 0 Å². The van der Waals surface area contributed by atoms with Gasteiger partial charge in [-0.2, -0.15) is 0 Å². The quantitative estimate of drug-likeness (QED) is 0.858. The van der Waals surface area contributed by atoms with E-state index in [1.54, 1.807) is 28.9 Å². The minimum atomic E-state index is -0.506. The van der Waals surface area contributed by atoms with Gasteiger partial charge in [0.05, 0.1) is 0 Å². The zero-order chi connectivity index (χ0) is 15.6. The number of amides is 2. The summed E-state index contributed by atoms with van der Waals surface area (Å²) in [6, 6.07) is 5.47. The summed E-state index contributed by atoms with van der Waals surface area (Å²) in [5.74, 6) is -0.263. The highest BCUT2D eigenvalue weighted by atomic mass is 19.1. The third-order valence-electron chi connectivity index (χ3n) is 3.68. The first-order chi connectivity index (χ1) is 9.90. The fraction of sp³-hybridized carbons (Fsp3) is 0.500. The molecule has 0 aromatic heterocycles. The van der Waals surface area contributed by atoms with Gasteiger partial charge >= 0.3 is 0 Å². The highest BCUT2D eigenvalue weighted by Crippen LogP contribution is 2.22. The Kier molecular flexibility index (Phi) is 4.60. The molecule has 1 heterocycles. The summed E-state index contributed by atoms with van der Waals surface area (Å²) in [4.78, 5) is 27.8. The molecule has 0 bridgehead atoms. The summed E-state index contributed by atoms with van der Waals surface area (Å²) in [5, 5.41) is 0. The van der Waals surface area contributed by atoms with Crippen LogP contribution < -0.4 is 4.90 Å². The van der Waals surface area contributed by atoms with Crippen LogP contribution in [-0.4, -0.2) is 35.8 Å². The molecule has 1 atom stereocenters. The second-order valence-corrected chi connectivity index (χ2v) is 5.83. The molecule has 0 saturated carbocycles. The van der Waals surface area contributed by atoms with E-state index in [2.05, 4.69) is 0 Å². The van der Waals surface area contributed by atoms with Crippen molar-refractivity contribution in [1.29, 1.82) is 0 Å². The summed E-state index contributed by atoms with van der Waals surface area (Å²) in [6.07, 6.45) is 0.442. The first-order valence-electron chi connectivity index (χ1n) is 7.26. The highest BCUT2D eigenvalue weighted by Gasteiger charge is 2.34. The molecule has 1 saturated heterocycles. The van der Waals surface area contributed by atoms with Crippen molar-refractivity contribution in [2.75, 3.05) is 18.0 Å². The second kappa shape index (κ2) is 6.24. The van der Waals surface area contributed by atoms with Gasteiger partial charge in [-0.05, 0) is 31.0 Å². The highest BCUT2D eigenvalue weighted by molar-refractivity contribution is 6.00. The summed E-state index contributed by atoms with van der Waals surface area (Å²) in [7, 11) is 0. The zero-order valence-electron chi connectivity index (χ0n) is 12.7. The molecule has 0 N–H and O–H groups in total. The molecular formula is C16H21FN2O2. The number of carbonyl (C=O) groups excluding carboxylic acids is 2. The third-order valence-corrected chi connectivity index (χ3v) is 3.68. The fourth-order valence-corrected chi connectivity index (χ4v) is 2.58. The Bertz CT molecular complexity index is 545. The van der Waals surface area contributed by atoms with Crippen molar-refractivity contribution >= 4 is 17.5 Å². The maximum Gasteiger partial charge on any atom is 0.249 e. The number of rotatable bonds is 3. The smallest absolute Gasteiger partial charge is 0.249 e. The normalized spacial score (nSPS) is 19.3. The van der Waals surface area contributed by atoms with Crippen molar-refractivity contribution in [3.05, 3.63) is 30.1 Å². The Labute approximate surface area is 124 Å². The predicted octanol–water partition coefficient (Wildman–Crippen LogP) is 2.44. The monoisotopic (exact) mass is 292 g/mol. The summed E-state index contributed by atoms with van der Waals surface area (Å²) >= 11 is 0. The molecule has 0 unspecified atom stereocenters. The van der Waals surface area contributed by atoms with Crippen molar-refractivity contribution in [3.63, 3.8) is 0 Å². The average Bonchev–Trinajstić information content (AvgIpc) is 2.40. The van der Waals surface area contributed by atoms with E-state index in [0.717, 1.165) is 0 Å². The van der Waals surface area contributed by atoms with Crippen LogP contribution in [0, 0.1) is 11.7 Å². The molecule has 2 rings (SSSR count). The molecule has 114 valence electrons. The molecule has 1 aromatic carbocycles. The van der Waals surface area contributed by atoms with Gasteiger partial charge in [-0.25, -0.2) is 4.39 Å². The van der Waals surface area contributed by atoms with Gasteiger partial charge < -0.3 is 9.80 Å². The van der Waals surface area contributed by atoms with Crippen molar-refractivity contribution in [1.82, 2.24) is 4.90 Å². The van der Waals surface area contributed by atoms with E-state index < -0.39 is 6.04 Å². The molecule has 0 aliphatic carbocycles. The first kappa shape index (κ1) is 15.5. The van der Waals surface area contributed by atoms with Gasteiger partial charge in [-0.3, -0.25) is 9.59 Å². The topological polar surface area (TPSA) is 40.6 Å². The maximum absolute atomic E-state index is 13.3. The first-order valence-corrected chi connectivity index (χ1v) is 7.26. The fourth-order valence-electron chi connectivity index (χ4n) is 2.58. The molecule has 1 fully saturated rings. The van der Waals surface area contributed by atoms with E-state index in [0.29, 0.717) is 25.2 Å². The maximum atomic E-state index is 13.3. The van der Waals surface area contributed by atoms with E-state index in [-0.39, 0.29) is 23.5 Å².